The molecule has 0 atom stereocenters. The molecule has 10 heteroatoms. The van der Waals surface area contributed by atoms with Crippen LogP contribution in [0.1, 0.15) is 36.9 Å². The van der Waals surface area contributed by atoms with Crippen molar-refractivity contribution in [3.05, 3.63) is 57.1 Å². The number of pyridine rings is 1. The number of piperidine rings is 1. The summed E-state index contributed by atoms with van der Waals surface area (Å²) in [6.07, 6.45) is 7.13. The number of amides is 1. The van der Waals surface area contributed by atoms with E-state index in [0.717, 1.165) is 54.0 Å². The number of halogens is 1. The average Bonchev–Trinajstić information content (AvgIpc) is 3.46. The fourth-order valence-corrected chi connectivity index (χ4v) is 5.49. The van der Waals surface area contributed by atoms with Crippen molar-refractivity contribution < 1.29 is 9.53 Å². The van der Waals surface area contributed by atoms with Gasteiger partial charge in [0, 0.05) is 45.0 Å². The molecular weight excluding hydrogens is 492 g/mol. The van der Waals surface area contributed by atoms with Gasteiger partial charge in [0.2, 0.25) is 5.95 Å². The SMILES string of the molecule is CNC(=O)COc1cc2cc(Cc3nc(N4CCC(N5CCCC5)CC4)ncc3Cl)ccc2n(C)c1=O. The third kappa shape index (κ3) is 5.57. The molecule has 1 N–H and O–H groups in total. The van der Waals surface area contributed by atoms with E-state index >= 15 is 0 Å². The van der Waals surface area contributed by atoms with Gasteiger partial charge < -0.3 is 24.4 Å². The van der Waals surface area contributed by atoms with Crippen molar-refractivity contribution >= 4 is 34.4 Å². The molecule has 0 unspecified atom stereocenters. The first-order valence-corrected chi connectivity index (χ1v) is 13.3. The standard InChI is InChI=1S/C27H33ClN6O3/c1-29-25(35)17-37-24-15-19-13-18(5-6-23(19)32(2)26(24)36)14-22-21(28)16-30-27(31-22)34-11-7-20(8-12-34)33-9-3-4-10-33/h5-6,13,15-16,20H,3-4,7-12,14,17H2,1-2H3,(H,29,35). The van der Waals surface area contributed by atoms with E-state index in [0.29, 0.717) is 17.5 Å². The van der Waals surface area contributed by atoms with Crippen LogP contribution in [0.15, 0.2) is 35.3 Å². The Kier molecular flexibility index (Phi) is 7.62. The number of nitrogens with zero attached hydrogens (tertiary/aromatic N) is 5. The summed E-state index contributed by atoms with van der Waals surface area (Å²) in [7, 11) is 3.22. The Bertz CT molecular complexity index is 1350. The highest BCUT2D eigenvalue weighted by atomic mass is 35.5. The number of hydrogen-bond acceptors (Lipinski definition) is 7. The summed E-state index contributed by atoms with van der Waals surface area (Å²) in [6.45, 7) is 4.14. The molecule has 0 aliphatic carbocycles. The molecule has 37 heavy (non-hydrogen) atoms. The van der Waals surface area contributed by atoms with Gasteiger partial charge in [-0.25, -0.2) is 9.97 Å². The summed E-state index contributed by atoms with van der Waals surface area (Å²) in [6, 6.07) is 8.24. The lowest BCUT2D eigenvalue weighted by molar-refractivity contribution is -0.122. The van der Waals surface area contributed by atoms with Crippen molar-refractivity contribution in [3.63, 3.8) is 0 Å². The summed E-state index contributed by atoms with van der Waals surface area (Å²) in [5.74, 6) is 0.563. The molecule has 5 rings (SSSR count). The fourth-order valence-electron chi connectivity index (χ4n) is 5.33. The fraction of sp³-hybridized carbons (Fsp3) is 0.481. The number of ether oxygens (including phenoxy) is 1. The lowest BCUT2D eigenvalue weighted by Crippen LogP contribution is -2.44. The first-order chi connectivity index (χ1) is 17.9. The molecule has 0 radical (unpaired) electrons. The first-order valence-electron chi connectivity index (χ1n) is 12.9. The van der Waals surface area contributed by atoms with Crippen molar-refractivity contribution in [2.75, 3.05) is 44.7 Å². The van der Waals surface area contributed by atoms with Gasteiger partial charge in [-0.05, 0) is 62.5 Å². The van der Waals surface area contributed by atoms with Crippen LogP contribution < -0.4 is 20.5 Å². The van der Waals surface area contributed by atoms with Crippen LogP contribution in [0.2, 0.25) is 5.02 Å². The highest BCUT2D eigenvalue weighted by molar-refractivity contribution is 6.31. The Morgan fingerprint density at radius 1 is 1.16 bits per heavy atom. The van der Waals surface area contributed by atoms with Gasteiger partial charge in [-0.15, -0.1) is 0 Å². The van der Waals surface area contributed by atoms with Gasteiger partial charge in [-0.2, -0.15) is 0 Å². The minimum atomic E-state index is -0.301. The number of carbonyl (C=O) groups is 1. The summed E-state index contributed by atoms with van der Waals surface area (Å²) in [4.78, 5) is 38.5. The minimum absolute atomic E-state index is 0.135. The van der Waals surface area contributed by atoms with Crippen LogP contribution in [0, 0.1) is 0 Å². The topological polar surface area (TPSA) is 92.6 Å². The minimum Gasteiger partial charge on any atom is -0.478 e. The van der Waals surface area contributed by atoms with E-state index in [-0.39, 0.29) is 23.8 Å². The van der Waals surface area contributed by atoms with Crippen LogP contribution in [0.5, 0.6) is 5.75 Å². The molecule has 2 fully saturated rings. The van der Waals surface area contributed by atoms with Gasteiger partial charge in [-0.3, -0.25) is 9.59 Å². The van der Waals surface area contributed by atoms with E-state index < -0.39 is 0 Å². The zero-order valence-electron chi connectivity index (χ0n) is 21.4. The molecular formula is C27H33ClN6O3. The summed E-state index contributed by atoms with van der Waals surface area (Å²) >= 11 is 6.51. The molecule has 2 saturated heterocycles. The van der Waals surface area contributed by atoms with Gasteiger partial charge >= 0.3 is 0 Å². The normalized spacial score (nSPS) is 16.9. The van der Waals surface area contributed by atoms with E-state index in [4.69, 9.17) is 21.3 Å². The van der Waals surface area contributed by atoms with Gasteiger partial charge in [0.25, 0.3) is 11.5 Å². The molecule has 2 aliphatic rings. The quantitative estimate of drug-likeness (QED) is 0.508. The second-order valence-electron chi connectivity index (χ2n) is 9.83. The number of likely N-dealkylation sites (N-methyl/N-ethyl adjacent to an activating group) is 1. The molecule has 4 heterocycles. The van der Waals surface area contributed by atoms with Crippen molar-refractivity contribution in [2.24, 2.45) is 7.05 Å². The highest BCUT2D eigenvalue weighted by Gasteiger charge is 2.27. The van der Waals surface area contributed by atoms with E-state index in [1.807, 2.05) is 18.2 Å². The van der Waals surface area contributed by atoms with Crippen molar-refractivity contribution in [3.8, 4) is 5.75 Å². The van der Waals surface area contributed by atoms with Gasteiger partial charge in [0.1, 0.15) is 0 Å². The summed E-state index contributed by atoms with van der Waals surface area (Å²) < 4.78 is 7.01. The van der Waals surface area contributed by atoms with Gasteiger partial charge in [-0.1, -0.05) is 17.7 Å². The molecule has 0 bridgehead atoms. The summed E-state index contributed by atoms with van der Waals surface area (Å²) in [5, 5.41) is 3.86. The Balaban J connectivity index is 1.33. The summed E-state index contributed by atoms with van der Waals surface area (Å²) in [5.41, 5.74) is 2.26. The van der Waals surface area contributed by atoms with Crippen molar-refractivity contribution in [1.82, 2.24) is 24.8 Å². The average molecular weight is 525 g/mol. The number of fused-ring (bicyclic) bond motifs is 1. The number of aryl methyl sites for hydroxylation is 1. The zero-order chi connectivity index (χ0) is 25.9. The molecule has 1 aromatic carbocycles. The number of aromatic nitrogens is 3. The van der Waals surface area contributed by atoms with Crippen LogP contribution in [-0.2, 0) is 18.3 Å². The first kappa shape index (κ1) is 25.5. The maximum Gasteiger partial charge on any atom is 0.293 e. The number of anilines is 1. The number of carbonyl (C=O) groups excluding carboxylic acids is 1. The lowest BCUT2D eigenvalue weighted by atomic mass is 10.0. The molecule has 2 aliphatic heterocycles. The van der Waals surface area contributed by atoms with Crippen molar-refractivity contribution in [2.45, 2.75) is 38.1 Å². The Labute approximate surface area is 221 Å². The van der Waals surface area contributed by atoms with Crippen LogP contribution in [0.3, 0.4) is 0 Å². The van der Waals surface area contributed by atoms with Crippen molar-refractivity contribution in [1.29, 1.82) is 0 Å². The molecule has 2 aromatic heterocycles. The van der Waals surface area contributed by atoms with Gasteiger partial charge in [0.15, 0.2) is 12.4 Å². The largest absolute Gasteiger partial charge is 0.478 e. The number of rotatable bonds is 7. The van der Waals surface area contributed by atoms with E-state index in [2.05, 4.69) is 20.1 Å². The van der Waals surface area contributed by atoms with Crippen LogP contribution in [0.4, 0.5) is 5.95 Å². The van der Waals surface area contributed by atoms with E-state index in [9.17, 15) is 9.59 Å². The number of benzene rings is 1. The Morgan fingerprint density at radius 3 is 2.65 bits per heavy atom. The van der Waals surface area contributed by atoms with E-state index in [1.165, 1.54) is 37.5 Å². The van der Waals surface area contributed by atoms with Crippen LogP contribution >= 0.6 is 11.6 Å². The maximum atomic E-state index is 12.7. The molecule has 196 valence electrons. The highest BCUT2D eigenvalue weighted by Crippen LogP contribution is 2.26. The predicted octanol–water partition coefficient (Wildman–Crippen LogP) is 2.76. The monoisotopic (exact) mass is 524 g/mol. The lowest BCUT2D eigenvalue weighted by Gasteiger charge is -2.36. The number of hydrogen-bond donors (Lipinski definition) is 1. The van der Waals surface area contributed by atoms with Crippen LogP contribution in [-0.4, -0.2) is 71.2 Å². The smallest absolute Gasteiger partial charge is 0.293 e. The predicted molar refractivity (Wildman–Crippen MR) is 145 cm³/mol. The molecule has 3 aromatic rings. The second kappa shape index (κ2) is 11.1. The maximum absolute atomic E-state index is 12.7. The molecule has 0 spiro atoms. The molecule has 0 saturated carbocycles. The van der Waals surface area contributed by atoms with Gasteiger partial charge in [0.05, 0.1) is 22.4 Å². The zero-order valence-corrected chi connectivity index (χ0v) is 22.1. The van der Waals surface area contributed by atoms with Crippen LogP contribution in [0.25, 0.3) is 10.9 Å². The van der Waals surface area contributed by atoms with E-state index in [1.54, 1.807) is 19.3 Å². The molecule has 9 nitrogen and oxygen atoms in total. The molecule has 1 amide bonds. The third-order valence-corrected chi connectivity index (χ3v) is 7.79. The number of likely N-dealkylation sites (tertiary alicyclic amines) is 1. The second-order valence-corrected chi connectivity index (χ2v) is 10.2. The Morgan fingerprint density at radius 2 is 1.92 bits per heavy atom. The Hall–Kier alpha value is -3.17. The number of nitrogens with one attached hydrogen (secondary N) is 1. The third-order valence-electron chi connectivity index (χ3n) is 7.47.